The van der Waals surface area contributed by atoms with E-state index in [1.807, 2.05) is 42.5 Å². The van der Waals surface area contributed by atoms with Crippen LogP contribution in [-0.2, 0) is 25.5 Å². The van der Waals surface area contributed by atoms with Crippen molar-refractivity contribution in [2.45, 2.75) is 44.9 Å². The summed E-state index contributed by atoms with van der Waals surface area (Å²) in [6.45, 7) is 2.85. The van der Waals surface area contributed by atoms with Crippen LogP contribution in [-0.4, -0.2) is 81.4 Å². The number of hydrogen-bond acceptors (Lipinski definition) is 10. The maximum Gasteiger partial charge on any atom is 0.407 e. The highest BCUT2D eigenvalue weighted by atomic mass is 35.5. The molecule has 0 bridgehead atoms. The summed E-state index contributed by atoms with van der Waals surface area (Å²) in [5, 5.41) is 33.1. The number of carboxylic acid groups (broad SMARTS) is 1. The van der Waals surface area contributed by atoms with E-state index >= 15 is 0 Å². The second-order valence-corrected chi connectivity index (χ2v) is 11.3. The van der Waals surface area contributed by atoms with Crippen LogP contribution in [0.15, 0.2) is 66.7 Å². The molecule has 0 saturated heterocycles. The molecule has 3 atom stereocenters. The molecule has 1 unspecified atom stereocenters. The smallest absolute Gasteiger partial charge is 0.407 e. The van der Waals surface area contributed by atoms with Crippen molar-refractivity contribution in [3.05, 3.63) is 82.9 Å². The summed E-state index contributed by atoms with van der Waals surface area (Å²) in [6, 6.07) is 17.7. The van der Waals surface area contributed by atoms with Gasteiger partial charge < -0.3 is 35.2 Å². The number of esters is 1. The van der Waals surface area contributed by atoms with Crippen molar-refractivity contribution in [2.24, 2.45) is 5.92 Å². The van der Waals surface area contributed by atoms with E-state index in [1.54, 1.807) is 19.9 Å². The third kappa shape index (κ3) is 9.40. The molecule has 0 radical (unpaired) electrons. The molecule has 0 saturated carbocycles. The number of hydrogen-bond donors (Lipinski definition) is 4. The van der Waals surface area contributed by atoms with Gasteiger partial charge in [0.2, 0.25) is 0 Å². The minimum absolute atomic E-state index is 0.176. The summed E-state index contributed by atoms with van der Waals surface area (Å²) >= 11 is 6.11. The fourth-order valence-electron chi connectivity index (χ4n) is 4.66. The van der Waals surface area contributed by atoms with Crippen molar-refractivity contribution in [3.8, 4) is 11.1 Å². The number of benzene rings is 3. The molecule has 248 valence electrons. The van der Waals surface area contributed by atoms with Crippen LogP contribution < -0.4 is 15.5 Å². The zero-order chi connectivity index (χ0) is 34.1. The molecule has 4 aromatic rings. The number of aliphatic hydroxyl groups is 1. The summed E-state index contributed by atoms with van der Waals surface area (Å²) in [4.78, 5) is 55.2. The summed E-state index contributed by atoms with van der Waals surface area (Å²) in [5.74, 6) is -3.01. The molecule has 0 spiro atoms. The largest absolute Gasteiger partial charge is 0.479 e. The van der Waals surface area contributed by atoms with E-state index in [-0.39, 0.29) is 29.8 Å². The highest BCUT2D eigenvalue weighted by molar-refractivity contribution is 6.30. The Morgan fingerprint density at radius 2 is 1.72 bits per heavy atom. The molecule has 47 heavy (non-hydrogen) atoms. The van der Waals surface area contributed by atoms with Crippen LogP contribution in [0.1, 0.15) is 36.2 Å². The molecule has 0 aliphatic carbocycles. The number of carboxylic acids is 1. The second kappa shape index (κ2) is 15.9. The lowest BCUT2D eigenvalue weighted by Crippen LogP contribution is -2.45. The molecular formula is C32H34ClN5O9. The van der Waals surface area contributed by atoms with E-state index in [1.165, 1.54) is 25.3 Å². The van der Waals surface area contributed by atoms with Crippen molar-refractivity contribution < 1.29 is 43.7 Å². The minimum atomic E-state index is -1.70. The van der Waals surface area contributed by atoms with Crippen LogP contribution in [0, 0.1) is 5.92 Å². The average Bonchev–Trinajstić information content (AvgIpc) is 3.45. The number of fused-ring (bicyclic) bond motifs is 1. The lowest BCUT2D eigenvalue weighted by atomic mass is 9.97. The first-order chi connectivity index (χ1) is 22.4. The summed E-state index contributed by atoms with van der Waals surface area (Å²) in [6.07, 6.45) is -2.49. The van der Waals surface area contributed by atoms with Crippen molar-refractivity contribution in [3.63, 3.8) is 0 Å². The predicted octanol–water partition coefficient (Wildman–Crippen LogP) is 3.24. The Kier molecular flexibility index (Phi) is 11.7. The quantitative estimate of drug-likeness (QED) is 0.114. The molecule has 0 fully saturated rings. The number of halogens is 1. The van der Waals surface area contributed by atoms with Crippen LogP contribution in [0.4, 0.5) is 4.79 Å². The maximum atomic E-state index is 13.3. The van der Waals surface area contributed by atoms with E-state index in [2.05, 4.69) is 25.7 Å². The normalized spacial score (nSPS) is 13.0. The molecule has 0 aliphatic rings. The van der Waals surface area contributed by atoms with Gasteiger partial charge >= 0.3 is 18.0 Å². The van der Waals surface area contributed by atoms with Gasteiger partial charge in [-0.2, -0.15) is 0 Å². The van der Waals surface area contributed by atoms with Gasteiger partial charge in [-0.1, -0.05) is 66.7 Å². The van der Waals surface area contributed by atoms with Crippen LogP contribution >= 0.6 is 11.6 Å². The maximum absolute atomic E-state index is 13.3. The molecule has 0 aliphatic heterocycles. The summed E-state index contributed by atoms with van der Waals surface area (Å²) in [5.41, 5.74) is 3.49. The number of aliphatic carboxylic acids is 1. The monoisotopic (exact) mass is 667 g/mol. The Hall–Kier alpha value is -5.21. The Labute approximate surface area is 274 Å². The molecule has 4 N–H and O–H groups in total. The van der Waals surface area contributed by atoms with E-state index in [0.29, 0.717) is 10.5 Å². The van der Waals surface area contributed by atoms with Crippen LogP contribution in [0.5, 0.6) is 0 Å². The van der Waals surface area contributed by atoms with E-state index in [9.17, 15) is 29.4 Å². The number of carbonyl (C=O) groups excluding carboxylic acids is 3. The van der Waals surface area contributed by atoms with Crippen molar-refractivity contribution >= 4 is 46.6 Å². The van der Waals surface area contributed by atoms with E-state index in [4.69, 9.17) is 21.2 Å². The first-order valence-corrected chi connectivity index (χ1v) is 14.9. The lowest BCUT2D eigenvalue weighted by molar-refractivity contribution is -0.161. The summed E-state index contributed by atoms with van der Waals surface area (Å²) < 4.78 is 9.68. The number of nitrogens with zero attached hydrogens (tertiary/aromatic N) is 3. The second-order valence-electron chi connectivity index (χ2n) is 10.9. The number of aliphatic hydroxyl groups excluding tert-OH is 1. The molecule has 14 nitrogen and oxygen atoms in total. The number of amides is 2. The highest BCUT2D eigenvalue weighted by Gasteiger charge is 2.27. The van der Waals surface area contributed by atoms with E-state index in [0.717, 1.165) is 21.5 Å². The molecule has 4 rings (SSSR count). The average molecular weight is 668 g/mol. The Morgan fingerprint density at radius 1 is 0.979 bits per heavy atom. The third-order valence-corrected chi connectivity index (χ3v) is 7.39. The van der Waals surface area contributed by atoms with Gasteiger partial charge in [0, 0.05) is 23.0 Å². The van der Waals surface area contributed by atoms with Crippen molar-refractivity contribution in [1.29, 1.82) is 0 Å². The van der Waals surface area contributed by atoms with Gasteiger partial charge in [0.1, 0.15) is 17.1 Å². The van der Waals surface area contributed by atoms with Crippen LogP contribution in [0.2, 0.25) is 5.02 Å². The molecule has 1 aromatic heterocycles. The predicted molar refractivity (Wildman–Crippen MR) is 169 cm³/mol. The molecular weight excluding hydrogens is 634 g/mol. The minimum Gasteiger partial charge on any atom is -0.479 e. The topological polar surface area (TPSA) is 191 Å². The van der Waals surface area contributed by atoms with Gasteiger partial charge in [-0.3, -0.25) is 4.79 Å². The number of nitrogens with one attached hydrogen (secondary N) is 2. The zero-order valence-electron chi connectivity index (χ0n) is 25.8. The number of rotatable bonds is 14. The number of aromatic nitrogens is 3. The zero-order valence-corrected chi connectivity index (χ0v) is 26.5. The van der Waals surface area contributed by atoms with Gasteiger partial charge in [-0.25, -0.2) is 14.4 Å². The van der Waals surface area contributed by atoms with Gasteiger partial charge in [0.15, 0.2) is 6.10 Å². The number of alkyl carbamates (subject to hydrolysis) is 1. The van der Waals surface area contributed by atoms with Crippen molar-refractivity contribution in [2.75, 3.05) is 13.9 Å². The van der Waals surface area contributed by atoms with Gasteiger partial charge in [0.05, 0.1) is 7.11 Å². The third-order valence-electron chi connectivity index (χ3n) is 7.15. The van der Waals surface area contributed by atoms with Gasteiger partial charge in [-0.15, -0.1) is 5.10 Å². The van der Waals surface area contributed by atoms with Crippen LogP contribution in [0.3, 0.4) is 0 Å². The summed E-state index contributed by atoms with van der Waals surface area (Å²) in [7, 11) is 1.17. The fourth-order valence-corrected chi connectivity index (χ4v) is 4.85. The Bertz CT molecular complexity index is 1730. The number of ether oxygens (including phenoxy) is 2. The first-order valence-electron chi connectivity index (χ1n) is 14.5. The highest BCUT2D eigenvalue weighted by Crippen LogP contribution is 2.24. The SMILES string of the molecule is COC(=O)NC(C(=O)OCOn1nnc2ccc(C(=O)N[C@H](Cc3ccc(-c4cccc(Cl)c4)cc3)C[C@@H](O)C(=O)O)cc21)C(C)C. The molecule has 2 amide bonds. The number of methoxy groups -OCH3 is 1. The van der Waals surface area contributed by atoms with E-state index < -0.39 is 48.9 Å². The van der Waals surface area contributed by atoms with Crippen molar-refractivity contribution in [1.82, 2.24) is 25.8 Å². The number of carbonyl (C=O) groups is 4. The van der Waals surface area contributed by atoms with Gasteiger partial charge in [-0.05, 0) is 64.6 Å². The first kappa shape index (κ1) is 34.7. The molecule has 15 heteroatoms. The standard InChI is InChI=1S/C32H34ClN5O9/c1-18(2)28(35-32(44)45-3)31(43)46-17-47-38-26-15-22(11-12-25(26)36-37-38)29(40)34-24(16-27(39)30(41)42)13-19-7-9-20(10-8-19)21-5-4-6-23(33)14-21/h4-12,14-15,18,24,27-28,39H,13,16-17H2,1-3H3,(H,34,40)(H,35,44)(H,41,42)/t24-,27-,28?/m1/s1. The van der Waals surface area contributed by atoms with Crippen LogP contribution in [0.25, 0.3) is 22.2 Å². The fraction of sp³-hybridized carbons (Fsp3) is 0.312. The molecule has 3 aromatic carbocycles. The Morgan fingerprint density at radius 3 is 2.38 bits per heavy atom. The molecule has 1 heterocycles. The lowest BCUT2D eigenvalue weighted by Gasteiger charge is -2.21. The Balaban J connectivity index is 1.45. The van der Waals surface area contributed by atoms with Gasteiger partial charge in [0.25, 0.3) is 12.7 Å².